The lowest BCUT2D eigenvalue weighted by atomic mass is 9.90. The first kappa shape index (κ1) is 35.5. The highest BCUT2D eigenvalue weighted by molar-refractivity contribution is 7.26. The number of aromatic nitrogens is 2. The van der Waals surface area contributed by atoms with E-state index < -0.39 is 0 Å². The van der Waals surface area contributed by atoms with E-state index >= 15 is 0 Å². The summed E-state index contributed by atoms with van der Waals surface area (Å²) in [5.41, 5.74) is 12.7. The van der Waals surface area contributed by atoms with Crippen molar-refractivity contribution in [1.29, 1.82) is 0 Å². The van der Waals surface area contributed by atoms with E-state index in [4.69, 9.17) is 4.98 Å². The zero-order valence-corrected chi connectivity index (χ0v) is 35.4. The molecular formula is C61H36N2S. The summed E-state index contributed by atoms with van der Waals surface area (Å²) in [5, 5.41) is 15.2. The topological polar surface area (TPSA) is 17.3 Å². The highest BCUT2D eigenvalue weighted by Gasteiger charge is 2.19. The molecule has 0 fully saturated rings. The van der Waals surface area contributed by atoms with Crippen molar-refractivity contribution in [1.82, 2.24) is 9.38 Å². The summed E-state index contributed by atoms with van der Waals surface area (Å²) in [4.78, 5) is 5.33. The Hall–Kier alpha value is -8.11. The largest absolute Gasteiger partial charge is 0.291 e. The van der Waals surface area contributed by atoms with Crippen LogP contribution < -0.4 is 0 Å². The normalized spacial score (nSPS) is 12.1. The molecule has 14 aromatic rings. The molecule has 0 spiro atoms. The minimum absolute atomic E-state index is 1.01. The van der Waals surface area contributed by atoms with Gasteiger partial charge in [-0.25, -0.2) is 4.98 Å². The van der Waals surface area contributed by atoms with Crippen LogP contribution in [0.1, 0.15) is 0 Å². The fourth-order valence-electron chi connectivity index (χ4n) is 10.5. The van der Waals surface area contributed by atoms with Crippen LogP contribution >= 0.6 is 11.3 Å². The maximum atomic E-state index is 5.33. The van der Waals surface area contributed by atoms with Crippen molar-refractivity contribution in [2.45, 2.75) is 0 Å². The molecule has 0 saturated heterocycles. The summed E-state index contributed by atoms with van der Waals surface area (Å²) in [7, 11) is 0. The predicted molar refractivity (Wildman–Crippen MR) is 275 cm³/mol. The van der Waals surface area contributed by atoms with Crippen LogP contribution in [0.2, 0.25) is 0 Å². The first-order chi connectivity index (χ1) is 31.7. The summed E-state index contributed by atoms with van der Waals surface area (Å²) in [5.74, 6) is 0. The lowest BCUT2D eigenvalue weighted by molar-refractivity contribution is 1.25. The molecule has 0 amide bonds. The van der Waals surface area contributed by atoms with Crippen LogP contribution in [0.4, 0.5) is 0 Å². The third-order valence-corrected chi connectivity index (χ3v) is 14.8. The van der Waals surface area contributed by atoms with Gasteiger partial charge in [-0.2, -0.15) is 0 Å². The number of pyridine rings is 1. The Morgan fingerprint density at radius 1 is 0.328 bits per heavy atom. The molecule has 0 aliphatic carbocycles. The third kappa shape index (κ3) is 5.29. The van der Waals surface area contributed by atoms with Crippen molar-refractivity contribution < 1.29 is 0 Å². The second-order valence-corrected chi connectivity index (χ2v) is 18.1. The monoisotopic (exact) mass is 828 g/mol. The van der Waals surface area contributed by atoms with Gasteiger partial charge in [-0.05, 0) is 123 Å². The Balaban J connectivity index is 0.851. The number of nitrogens with zero attached hydrogens (tertiary/aromatic N) is 2. The van der Waals surface area contributed by atoms with Gasteiger partial charge in [-0.1, -0.05) is 188 Å². The first-order valence-corrected chi connectivity index (χ1v) is 22.8. The van der Waals surface area contributed by atoms with Crippen molar-refractivity contribution in [3.05, 3.63) is 218 Å². The minimum atomic E-state index is 1.01. The molecule has 0 N–H and O–H groups in total. The molecule has 0 aliphatic heterocycles. The van der Waals surface area contributed by atoms with Crippen LogP contribution in [-0.2, 0) is 0 Å². The van der Waals surface area contributed by atoms with Crippen LogP contribution in [-0.4, -0.2) is 9.38 Å². The fourth-order valence-corrected chi connectivity index (χ4v) is 11.7. The molecular weight excluding hydrogens is 793 g/mol. The van der Waals surface area contributed by atoms with E-state index in [2.05, 4.69) is 223 Å². The second-order valence-electron chi connectivity index (χ2n) is 17.0. The van der Waals surface area contributed by atoms with Gasteiger partial charge in [0.25, 0.3) is 0 Å². The average Bonchev–Trinajstić information content (AvgIpc) is 3.93. The van der Waals surface area contributed by atoms with Crippen LogP contribution in [0.15, 0.2) is 218 Å². The number of thiophene rings is 1. The van der Waals surface area contributed by atoms with Crippen molar-refractivity contribution in [2.24, 2.45) is 0 Å². The van der Waals surface area contributed by atoms with Gasteiger partial charge in [0.2, 0.25) is 0 Å². The SMILES string of the molecule is c1ccc2cc3c(cc2c1)nc1c2sc4ccccc4c2cc(-c2ccc(-c4ccc(-c5ccc(-c6ccc7c8ccccc8c8ccccc8c7c6)cc5)c5ccccc45)cc2)n31. The molecule has 0 bridgehead atoms. The van der Waals surface area contributed by atoms with Crippen LogP contribution in [0, 0.1) is 0 Å². The Kier molecular flexibility index (Phi) is 7.59. The molecule has 14 rings (SSSR count). The average molecular weight is 829 g/mol. The molecule has 3 aromatic heterocycles. The minimum Gasteiger partial charge on any atom is -0.291 e. The number of hydrogen-bond donors (Lipinski definition) is 0. The van der Waals surface area contributed by atoms with E-state index in [0.717, 1.165) is 27.9 Å². The van der Waals surface area contributed by atoms with Crippen molar-refractivity contribution in [3.8, 4) is 44.6 Å². The van der Waals surface area contributed by atoms with E-state index in [-0.39, 0.29) is 0 Å². The molecule has 0 unspecified atom stereocenters. The van der Waals surface area contributed by atoms with Gasteiger partial charge in [-0.15, -0.1) is 11.3 Å². The highest BCUT2D eigenvalue weighted by Crippen LogP contribution is 2.43. The molecule has 2 nitrogen and oxygen atoms in total. The molecule has 64 heavy (non-hydrogen) atoms. The number of rotatable bonds is 4. The quantitative estimate of drug-likeness (QED) is 0.162. The number of imidazole rings is 1. The maximum absolute atomic E-state index is 5.33. The van der Waals surface area contributed by atoms with E-state index in [9.17, 15) is 0 Å². The molecule has 3 heterocycles. The van der Waals surface area contributed by atoms with Crippen LogP contribution in [0.5, 0.6) is 0 Å². The zero-order chi connectivity index (χ0) is 41.9. The Bertz CT molecular complexity index is 4190. The van der Waals surface area contributed by atoms with Crippen molar-refractivity contribution >= 4 is 102 Å². The molecule has 3 heteroatoms. The molecule has 296 valence electrons. The summed E-state index contributed by atoms with van der Waals surface area (Å²) in [6.45, 7) is 0. The summed E-state index contributed by atoms with van der Waals surface area (Å²) in [6.07, 6.45) is 0. The fraction of sp³-hybridized carbons (Fsp3) is 0. The Morgan fingerprint density at radius 2 is 0.812 bits per heavy atom. The van der Waals surface area contributed by atoms with Gasteiger partial charge in [0.15, 0.2) is 5.65 Å². The summed E-state index contributed by atoms with van der Waals surface area (Å²) in [6, 6.07) is 80.5. The lowest BCUT2D eigenvalue weighted by Gasteiger charge is -2.14. The molecule has 0 saturated carbocycles. The smallest absolute Gasteiger partial charge is 0.156 e. The van der Waals surface area contributed by atoms with Crippen molar-refractivity contribution in [2.75, 3.05) is 0 Å². The summed E-state index contributed by atoms with van der Waals surface area (Å²) < 4.78 is 4.88. The van der Waals surface area contributed by atoms with Gasteiger partial charge < -0.3 is 0 Å². The van der Waals surface area contributed by atoms with Crippen molar-refractivity contribution in [3.63, 3.8) is 0 Å². The van der Waals surface area contributed by atoms with E-state index in [1.54, 1.807) is 0 Å². The van der Waals surface area contributed by atoms with E-state index in [0.29, 0.717) is 0 Å². The Labute approximate surface area is 372 Å². The summed E-state index contributed by atoms with van der Waals surface area (Å²) >= 11 is 1.83. The lowest BCUT2D eigenvalue weighted by Crippen LogP contribution is -1.93. The van der Waals surface area contributed by atoms with Gasteiger partial charge in [-0.3, -0.25) is 4.40 Å². The van der Waals surface area contributed by atoms with E-state index in [1.807, 2.05) is 11.3 Å². The first-order valence-electron chi connectivity index (χ1n) is 21.9. The van der Waals surface area contributed by atoms with Gasteiger partial charge in [0.05, 0.1) is 21.4 Å². The second kappa shape index (κ2) is 13.7. The molecule has 11 aromatic carbocycles. The maximum Gasteiger partial charge on any atom is 0.156 e. The van der Waals surface area contributed by atoms with Gasteiger partial charge in [0.1, 0.15) is 0 Å². The molecule has 0 aliphatic rings. The number of hydrogen-bond acceptors (Lipinski definition) is 2. The standard InChI is InChI=1S/C61H36N2S/c1-2-12-42-35-58-56(34-41(42)11-1)62-61-60-55(53-19-9-10-20-59(53)64-60)36-57(63(58)61)40-27-25-39(26-28-40)45-32-31-44(46-13-3-4-14-47(45)46)38-23-21-37(22-24-38)43-29-30-52-50-17-6-5-15-48(50)49-16-7-8-18-51(49)54(52)33-43/h1-36H. The molecule has 0 radical (unpaired) electrons. The predicted octanol–water partition coefficient (Wildman–Crippen LogP) is 17.3. The van der Waals surface area contributed by atoms with Gasteiger partial charge >= 0.3 is 0 Å². The zero-order valence-electron chi connectivity index (χ0n) is 34.6. The van der Waals surface area contributed by atoms with Crippen LogP contribution in [0.25, 0.3) is 135 Å². The Morgan fingerprint density at radius 3 is 1.45 bits per heavy atom. The highest BCUT2D eigenvalue weighted by atomic mass is 32.1. The number of fused-ring (bicyclic) bond motifs is 15. The number of benzene rings is 11. The van der Waals surface area contributed by atoms with E-state index in [1.165, 1.54) is 107 Å². The van der Waals surface area contributed by atoms with Crippen LogP contribution in [0.3, 0.4) is 0 Å². The third-order valence-electron chi connectivity index (χ3n) is 13.6. The van der Waals surface area contributed by atoms with Gasteiger partial charge in [0, 0.05) is 15.5 Å². The molecule has 0 atom stereocenters.